The summed E-state index contributed by atoms with van der Waals surface area (Å²) >= 11 is 5.38. The van der Waals surface area contributed by atoms with Crippen LogP contribution >= 0.6 is 27.3 Å². The van der Waals surface area contributed by atoms with Crippen molar-refractivity contribution >= 4 is 27.3 Å². The lowest BCUT2D eigenvalue weighted by atomic mass is 9.95. The van der Waals surface area contributed by atoms with E-state index in [1.807, 2.05) is 17.4 Å². The highest BCUT2D eigenvalue weighted by Crippen LogP contribution is 2.37. The van der Waals surface area contributed by atoms with Gasteiger partial charge in [-0.1, -0.05) is 27.7 Å². The van der Waals surface area contributed by atoms with Gasteiger partial charge in [-0.15, -0.1) is 11.3 Å². The second-order valence-corrected chi connectivity index (χ2v) is 7.82. The maximum absolute atomic E-state index is 5.40. The molecule has 0 bridgehead atoms. The van der Waals surface area contributed by atoms with Gasteiger partial charge in [0.1, 0.15) is 0 Å². The molecule has 1 N–H and O–H groups in total. The van der Waals surface area contributed by atoms with Crippen molar-refractivity contribution < 1.29 is 4.42 Å². The van der Waals surface area contributed by atoms with Gasteiger partial charge in [0.25, 0.3) is 0 Å². The van der Waals surface area contributed by atoms with E-state index in [4.69, 9.17) is 4.42 Å². The van der Waals surface area contributed by atoms with E-state index in [2.05, 4.69) is 61.1 Å². The van der Waals surface area contributed by atoms with Crippen LogP contribution in [0, 0.1) is 0 Å². The Bertz CT molecular complexity index is 553. The number of thiophene rings is 1. The van der Waals surface area contributed by atoms with Gasteiger partial charge in [-0.3, -0.25) is 0 Å². The molecule has 2 nitrogen and oxygen atoms in total. The summed E-state index contributed by atoms with van der Waals surface area (Å²) in [7, 11) is 0. The highest BCUT2D eigenvalue weighted by Gasteiger charge is 2.23. The van der Waals surface area contributed by atoms with Gasteiger partial charge >= 0.3 is 0 Å². The molecule has 0 saturated carbocycles. The molecule has 2 aromatic rings. The molecule has 2 aromatic heterocycles. The molecule has 0 amide bonds. The first-order chi connectivity index (χ1) is 9.43. The van der Waals surface area contributed by atoms with Crippen LogP contribution < -0.4 is 5.32 Å². The molecule has 0 spiro atoms. The van der Waals surface area contributed by atoms with E-state index in [1.165, 1.54) is 15.3 Å². The van der Waals surface area contributed by atoms with Crippen LogP contribution in [0.1, 0.15) is 55.5 Å². The molecule has 1 atom stereocenters. The quantitative estimate of drug-likeness (QED) is 0.766. The van der Waals surface area contributed by atoms with Crippen molar-refractivity contribution in [1.29, 1.82) is 0 Å². The summed E-state index contributed by atoms with van der Waals surface area (Å²) in [5, 5.41) is 3.61. The molecule has 110 valence electrons. The van der Waals surface area contributed by atoms with Crippen LogP contribution in [0.15, 0.2) is 33.5 Å². The monoisotopic (exact) mass is 355 g/mol. The second kappa shape index (κ2) is 6.46. The van der Waals surface area contributed by atoms with Crippen LogP contribution in [-0.2, 0) is 5.41 Å². The molecule has 0 fully saturated rings. The summed E-state index contributed by atoms with van der Waals surface area (Å²) in [6, 6.07) is 6.71. The topological polar surface area (TPSA) is 25.2 Å². The number of hydrogen-bond donors (Lipinski definition) is 1. The smallest absolute Gasteiger partial charge is 0.174 e. The SMILES string of the molecule is CCCNC(c1ccc(C(C)(C)C)s1)c1ccoc1Br. The molecule has 0 aromatic carbocycles. The Morgan fingerprint density at radius 2 is 2.05 bits per heavy atom. The van der Waals surface area contributed by atoms with Gasteiger partial charge in [0.05, 0.1) is 12.3 Å². The van der Waals surface area contributed by atoms with E-state index in [9.17, 15) is 0 Å². The molecule has 1 unspecified atom stereocenters. The van der Waals surface area contributed by atoms with Gasteiger partial charge < -0.3 is 9.73 Å². The Morgan fingerprint density at radius 3 is 2.55 bits per heavy atom. The van der Waals surface area contributed by atoms with E-state index in [0.29, 0.717) is 0 Å². The highest BCUT2D eigenvalue weighted by atomic mass is 79.9. The number of nitrogens with one attached hydrogen (secondary N) is 1. The zero-order chi connectivity index (χ0) is 14.8. The number of furan rings is 1. The van der Waals surface area contributed by atoms with Gasteiger partial charge in [0.2, 0.25) is 0 Å². The Hall–Kier alpha value is -0.580. The molecule has 0 aliphatic rings. The standard InChI is InChI=1S/C16H22BrNOS/c1-5-9-18-14(11-8-10-19-15(11)17)12-6-7-13(20-12)16(2,3)4/h6-8,10,14,18H,5,9H2,1-4H3. The molecule has 0 aliphatic carbocycles. The van der Waals surface area contributed by atoms with Crippen LogP contribution in [0.2, 0.25) is 0 Å². The Morgan fingerprint density at radius 1 is 1.30 bits per heavy atom. The van der Waals surface area contributed by atoms with Crippen molar-refractivity contribution in [2.45, 2.75) is 45.6 Å². The molecule has 0 aliphatic heterocycles. The number of hydrogen-bond acceptors (Lipinski definition) is 3. The maximum atomic E-state index is 5.40. The zero-order valence-corrected chi connectivity index (χ0v) is 14.9. The van der Waals surface area contributed by atoms with E-state index in [0.717, 1.165) is 17.6 Å². The predicted octanol–water partition coefficient (Wildman–Crippen LogP) is 5.49. The van der Waals surface area contributed by atoms with Gasteiger partial charge in [-0.25, -0.2) is 0 Å². The summed E-state index contributed by atoms with van der Waals surface area (Å²) in [6.45, 7) is 9.94. The van der Waals surface area contributed by atoms with Crippen LogP contribution in [0.25, 0.3) is 0 Å². The van der Waals surface area contributed by atoms with Crippen LogP contribution in [0.5, 0.6) is 0 Å². The van der Waals surface area contributed by atoms with Crippen molar-refractivity contribution in [1.82, 2.24) is 5.32 Å². The third-order valence-corrected chi connectivity index (χ3v) is 5.43. The average Bonchev–Trinajstić information content (AvgIpc) is 2.99. The van der Waals surface area contributed by atoms with E-state index >= 15 is 0 Å². The van der Waals surface area contributed by atoms with Crippen molar-refractivity contribution in [3.05, 3.63) is 44.4 Å². The number of rotatable bonds is 5. The predicted molar refractivity (Wildman–Crippen MR) is 89.6 cm³/mol. The van der Waals surface area contributed by atoms with Crippen molar-refractivity contribution in [2.24, 2.45) is 0 Å². The molecular formula is C16H22BrNOS. The Balaban J connectivity index is 2.32. The third kappa shape index (κ3) is 3.54. The Labute approximate surface area is 133 Å². The first kappa shape index (κ1) is 15.8. The minimum Gasteiger partial charge on any atom is -0.457 e. The van der Waals surface area contributed by atoms with E-state index in [-0.39, 0.29) is 11.5 Å². The molecule has 0 saturated heterocycles. The first-order valence-electron chi connectivity index (χ1n) is 7.00. The normalized spacial score (nSPS) is 13.7. The molecule has 2 heterocycles. The maximum Gasteiger partial charge on any atom is 0.174 e. The minimum atomic E-state index is 0.198. The van der Waals surface area contributed by atoms with Gasteiger partial charge in [0, 0.05) is 15.3 Å². The fraction of sp³-hybridized carbons (Fsp3) is 0.500. The summed E-state index contributed by atoms with van der Waals surface area (Å²) in [4.78, 5) is 2.75. The summed E-state index contributed by atoms with van der Waals surface area (Å²) in [6.07, 6.45) is 2.85. The van der Waals surface area contributed by atoms with Crippen molar-refractivity contribution in [3.63, 3.8) is 0 Å². The molecular weight excluding hydrogens is 334 g/mol. The van der Waals surface area contributed by atoms with Crippen molar-refractivity contribution in [3.8, 4) is 0 Å². The summed E-state index contributed by atoms with van der Waals surface area (Å²) < 4.78 is 6.22. The second-order valence-electron chi connectivity index (χ2n) is 5.99. The van der Waals surface area contributed by atoms with Crippen LogP contribution in [-0.4, -0.2) is 6.54 Å². The fourth-order valence-electron chi connectivity index (χ4n) is 2.07. The molecule has 0 radical (unpaired) electrons. The average molecular weight is 356 g/mol. The lowest BCUT2D eigenvalue weighted by Crippen LogP contribution is -2.22. The van der Waals surface area contributed by atoms with Crippen LogP contribution in [0.4, 0.5) is 0 Å². The summed E-state index contributed by atoms with van der Waals surface area (Å²) in [5.41, 5.74) is 1.37. The van der Waals surface area contributed by atoms with Gasteiger partial charge in [-0.2, -0.15) is 0 Å². The van der Waals surface area contributed by atoms with Gasteiger partial charge in [0.15, 0.2) is 4.67 Å². The van der Waals surface area contributed by atoms with Crippen LogP contribution in [0.3, 0.4) is 0 Å². The highest BCUT2D eigenvalue weighted by molar-refractivity contribution is 9.10. The largest absolute Gasteiger partial charge is 0.457 e. The minimum absolute atomic E-state index is 0.198. The van der Waals surface area contributed by atoms with Gasteiger partial charge in [-0.05, 0) is 52.5 Å². The lowest BCUT2D eigenvalue weighted by molar-refractivity contribution is 0.525. The van der Waals surface area contributed by atoms with Crippen molar-refractivity contribution in [2.75, 3.05) is 6.54 Å². The molecule has 2 rings (SSSR count). The van der Waals surface area contributed by atoms with E-state index < -0.39 is 0 Å². The molecule has 20 heavy (non-hydrogen) atoms. The lowest BCUT2D eigenvalue weighted by Gasteiger charge is -2.18. The Kier molecular flexibility index (Phi) is 5.10. The number of halogens is 1. The first-order valence-corrected chi connectivity index (χ1v) is 8.61. The van der Waals surface area contributed by atoms with E-state index in [1.54, 1.807) is 6.26 Å². The zero-order valence-electron chi connectivity index (χ0n) is 12.5. The fourth-order valence-corrected chi connectivity index (χ4v) is 3.70. The molecule has 4 heteroatoms. The third-order valence-electron chi connectivity index (χ3n) is 3.21. The summed E-state index contributed by atoms with van der Waals surface area (Å²) in [5.74, 6) is 0.